The Morgan fingerprint density at radius 3 is 2.44 bits per heavy atom. The van der Waals surface area contributed by atoms with E-state index in [9.17, 15) is 0 Å². The molecule has 84 valence electrons. The van der Waals surface area contributed by atoms with Crippen molar-refractivity contribution in [2.75, 3.05) is 5.32 Å². The zero-order chi connectivity index (χ0) is 11.5. The molecule has 3 heteroatoms. The van der Waals surface area contributed by atoms with E-state index in [4.69, 9.17) is 0 Å². The molecule has 2 N–H and O–H groups in total. The third kappa shape index (κ3) is 2.24. The van der Waals surface area contributed by atoms with Gasteiger partial charge in [-0.2, -0.15) is 0 Å². The second kappa shape index (κ2) is 4.39. The zero-order valence-electron chi connectivity index (χ0n) is 9.96. The molecule has 1 aromatic heterocycles. The van der Waals surface area contributed by atoms with Crippen LogP contribution in [0, 0.1) is 20.8 Å². The number of anilines is 1. The maximum absolute atomic E-state index is 4.00. The number of imidazole rings is 1. The summed E-state index contributed by atoms with van der Waals surface area (Å²) in [6, 6.07) is 4.39. The van der Waals surface area contributed by atoms with Crippen LogP contribution in [0.3, 0.4) is 0 Å². The van der Waals surface area contributed by atoms with Crippen LogP contribution in [0.1, 0.15) is 22.4 Å². The Kier molecular flexibility index (Phi) is 2.95. The van der Waals surface area contributed by atoms with Crippen molar-refractivity contribution in [1.82, 2.24) is 9.97 Å². The van der Waals surface area contributed by atoms with Crippen molar-refractivity contribution in [3.63, 3.8) is 0 Å². The molecule has 2 aromatic rings. The van der Waals surface area contributed by atoms with Crippen LogP contribution in [0.5, 0.6) is 0 Å². The van der Waals surface area contributed by atoms with Crippen LogP contribution in [0.25, 0.3) is 0 Å². The van der Waals surface area contributed by atoms with Gasteiger partial charge in [-0.1, -0.05) is 17.7 Å². The number of nitrogens with zero attached hydrogens (tertiary/aromatic N) is 1. The lowest BCUT2D eigenvalue weighted by atomic mass is 10.1. The first kappa shape index (κ1) is 10.7. The Morgan fingerprint density at radius 1 is 1.19 bits per heavy atom. The Labute approximate surface area is 95.9 Å². The molecule has 3 nitrogen and oxygen atoms in total. The van der Waals surface area contributed by atoms with Crippen LogP contribution >= 0.6 is 0 Å². The van der Waals surface area contributed by atoms with Crippen molar-refractivity contribution >= 4 is 5.69 Å². The van der Waals surface area contributed by atoms with E-state index in [2.05, 4.69) is 48.2 Å². The fourth-order valence-corrected chi connectivity index (χ4v) is 2.02. The van der Waals surface area contributed by atoms with Gasteiger partial charge < -0.3 is 10.3 Å². The van der Waals surface area contributed by atoms with Gasteiger partial charge in [-0.15, -0.1) is 0 Å². The van der Waals surface area contributed by atoms with E-state index in [0.717, 1.165) is 12.2 Å². The van der Waals surface area contributed by atoms with Crippen molar-refractivity contribution in [2.45, 2.75) is 27.3 Å². The molecule has 0 bridgehead atoms. The van der Waals surface area contributed by atoms with Crippen molar-refractivity contribution < 1.29 is 0 Å². The number of aromatic amines is 1. The average molecular weight is 215 g/mol. The molecule has 0 aliphatic heterocycles. The largest absolute Gasteiger partial charge is 0.379 e. The first-order chi connectivity index (χ1) is 7.66. The molecule has 0 unspecified atom stereocenters. The van der Waals surface area contributed by atoms with Crippen LogP contribution in [-0.2, 0) is 6.54 Å². The van der Waals surface area contributed by atoms with Crippen LogP contribution < -0.4 is 5.32 Å². The van der Waals surface area contributed by atoms with Crippen LogP contribution in [0.15, 0.2) is 24.7 Å². The van der Waals surface area contributed by atoms with E-state index >= 15 is 0 Å². The molecule has 1 heterocycles. The molecule has 0 spiro atoms. The monoisotopic (exact) mass is 215 g/mol. The zero-order valence-corrected chi connectivity index (χ0v) is 9.96. The van der Waals surface area contributed by atoms with Crippen molar-refractivity contribution in [3.8, 4) is 0 Å². The topological polar surface area (TPSA) is 40.7 Å². The van der Waals surface area contributed by atoms with Crippen LogP contribution in [-0.4, -0.2) is 9.97 Å². The van der Waals surface area contributed by atoms with E-state index in [-0.39, 0.29) is 0 Å². The summed E-state index contributed by atoms with van der Waals surface area (Å²) in [7, 11) is 0. The smallest absolute Gasteiger partial charge is 0.0922 e. The fourth-order valence-electron chi connectivity index (χ4n) is 2.02. The van der Waals surface area contributed by atoms with Gasteiger partial charge in [0.2, 0.25) is 0 Å². The minimum Gasteiger partial charge on any atom is -0.379 e. The van der Waals surface area contributed by atoms with Gasteiger partial charge in [0, 0.05) is 11.9 Å². The van der Waals surface area contributed by atoms with Crippen molar-refractivity contribution in [1.29, 1.82) is 0 Å². The molecule has 16 heavy (non-hydrogen) atoms. The minimum atomic E-state index is 0.782. The maximum atomic E-state index is 4.00. The van der Waals surface area contributed by atoms with Gasteiger partial charge in [0.25, 0.3) is 0 Å². The van der Waals surface area contributed by atoms with Gasteiger partial charge in [0.1, 0.15) is 0 Å². The standard InChI is InChI=1S/C13H17N3/c1-9-4-10(2)13(11(3)5-9)15-7-12-6-14-8-16-12/h4-6,8,15H,7H2,1-3H3,(H,14,16). The number of nitrogens with one attached hydrogen (secondary N) is 2. The maximum Gasteiger partial charge on any atom is 0.0922 e. The quantitative estimate of drug-likeness (QED) is 0.826. The first-order valence-corrected chi connectivity index (χ1v) is 5.46. The van der Waals surface area contributed by atoms with E-state index in [1.165, 1.54) is 22.4 Å². The summed E-state index contributed by atoms with van der Waals surface area (Å²) in [5.74, 6) is 0. The molecule has 0 fully saturated rings. The van der Waals surface area contributed by atoms with Crippen LogP contribution in [0.2, 0.25) is 0 Å². The predicted molar refractivity (Wildman–Crippen MR) is 66.6 cm³/mol. The highest BCUT2D eigenvalue weighted by Crippen LogP contribution is 2.22. The predicted octanol–water partition coefficient (Wildman–Crippen LogP) is 2.95. The number of benzene rings is 1. The lowest BCUT2D eigenvalue weighted by Crippen LogP contribution is -2.03. The summed E-state index contributed by atoms with van der Waals surface area (Å²) in [5.41, 5.74) is 6.20. The molecule has 0 radical (unpaired) electrons. The highest BCUT2D eigenvalue weighted by molar-refractivity contribution is 5.58. The first-order valence-electron chi connectivity index (χ1n) is 5.46. The normalized spacial score (nSPS) is 10.4. The average Bonchev–Trinajstić information content (AvgIpc) is 2.68. The molecule has 1 aromatic carbocycles. The lowest BCUT2D eigenvalue weighted by molar-refractivity contribution is 1.06. The summed E-state index contributed by atoms with van der Waals surface area (Å²) >= 11 is 0. The number of rotatable bonds is 3. The molecule has 0 aliphatic rings. The molecule has 2 rings (SSSR count). The van der Waals surface area contributed by atoms with Crippen LogP contribution in [0.4, 0.5) is 5.69 Å². The summed E-state index contributed by atoms with van der Waals surface area (Å²) in [5, 5.41) is 3.44. The van der Waals surface area contributed by atoms with E-state index in [0.29, 0.717) is 0 Å². The van der Waals surface area contributed by atoms with Gasteiger partial charge >= 0.3 is 0 Å². The van der Waals surface area contributed by atoms with Gasteiger partial charge in [0.05, 0.1) is 18.6 Å². The molecule has 0 saturated heterocycles. The number of H-pyrrole nitrogens is 1. The van der Waals surface area contributed by atoms with Gasteiger partial charge in [-0.05, 0) is 31.9 Å². The molecule has 0 aliphatic carbocycles. The third-order valence-corrected chi connectivity index (χ3v) is 2.69. The van der Waals surface area contributed by atoms with Crippen molar-refractivity contribution in [3.05, 3.63) is 47.0 Å². The fraction of sp³-hybridized carbons (Fsp3) is 0.308. The number of hydrogen-bond donors (Lipinski definition) is 2. The van der Waals surface area contributed by atoms with Gasteiger partial charge in [-0.25, -0.2) is 4.98 Å². The molecule has 0 atom stereocenters. The van der Waals surface area contributed by atoms with Gasteiger partial charge in [-0.3, -0.25) is 0 Å². The van der Waals surface area contributed by atoms with E-state index in [1.807, 2.05) is 6.20 Å². The Hall–Kier alpha value is -1.77. The SMILES string of the molecule is Cc1cc(C)c(NCc2cnc[nH]2)c(C)c1. The summed E-state index contributed by atoms with van der Waals surface area (Å²) < 4.78 is 0. The lowest BCUT2D eigenvalue weighted by Gasteiger charge is -2.13. The van der Waals surface area contributed by atoms with E-state index < -0.39 is 0 Å². The van der Waals surface area contributed by atoms with Gasteiger partial charge in [0.15, 0.2) is 0 Å². The highest BCUT2D eigenvalue weighted by Gasteiger charge is 2.03. The van der Waals surface area contributed by atoms with E-state index in [1.54, 1.807) is 6.33 Å². The Bertz CT molecular complexity index is 449. The molecule has 0 saturated carbocycles. The third-order valence-electron chi connectivity index (χ3n) is 2.69. The molecule has 0 amide bonds. The van der Waals surface area contributed by atoms with Crippen molar-refractivity contribution in [2.24, 2.45) is 0 Å². The Morgan fingerprint density at radius 2 is 1.88 bits per heavy atom. The molecular weight excluding hydrogens is 198 g/mol. The summed E-state index contributed by atoms with van der Waals surface area (Å²) in [6.45, 7) is 7.17. The highest BCUT2D eigenvalue weighted by atomic mass is 14.9. The molecular formula is C13H17N3. The summed E-state index contributed by atoms with van der Waals surface area (Å²) in [4.78, 5) is 7.08. The second-order valence-corrected chi connectivity index (χ2v) is 4.20. The Balaban J connectivity index is 2.15. The second-order valence-electron chi connectivity index (χ2n) is 4.20. The summed E-state index contributed by atoms with van der Waals surface area (Å²) in [6.07, 6.45) is 3.54. The number of aryl methyl sites for hydroxylation is 3. The minimum absolute atomic E-state index is 0.782. The number of aromatic nitrogens is 2. The number of hydrogen-bond acceptors (Lipinski definition) is 2.